The Bertz CT molecular complexity index is 975. The van der Waals surface area contributed by atoms with Crippen molar-refractivity contribution in [3.8, 4) is 11.5 Å². The number of phenols is 1. The molecule has 1 aliphatic heterocycles. The Hall–Kier alpha value is -2.37. The van der Waals surface area contributed by atoms with Crippen molar-refractivity contribution in [2.45, 2.75) is 55.8 Å². The first-order valence-electron chi connectivity index (χ1n) is 10.8. The van der Waals surface area contributed by atoms with Gasteiger partial charge in [-0.05, 0) is 50.0 Å². The van der Waals surface area contributed by atoms with E-state index in [1.807, 2.05) is 36.4 Å². The van der Waals surface area contributed by atoms with Gasteiger partial charge in [-0.15, -0.1) is 0 Å². The van der Waals surface area contributed by atoms with E-state index in [0.29, 0.717) is 31.6 Å². The Morgan fingerprint density at radius 1 is 1.17 bits per heavy atom. The number of Topliss-reactive ketones (excluding diaryl/α,β-unsaturated/α-hetero) is 1. The summed E-state index contributed by atoms with van der Waals surface area (Å²) in [6.07, 6.45) is 3.27. The number of methoxy groups -OCH3 is 1. The maximum absolute atomic E-state index is 12.7. The summed E-state index contributed by atoms with van der Waals surface area (Å²) in [5, 5.41) is 11.4. The lowest BCUT2D eigenvalue weighted by molar-refractivity contribution is -0.183. The Morgan fingerprint density at radius 3 is 2.73 bits per heavy atom. The van der Waals surface area contributed by atoms with Crippen LogP contribution < -0.4 is 4.74 Å². The molecule has 2 fully saturated rings. The van der Waals surface area contributed by atoms with Crippen molar-refractivity contribution in [2.75, 3.05) is 20.7 Å². The molecule has 2 aliphatic carbocycles. The number of hydrogen-bond acceptors (Lipinski definition) is 5. The normalized spacial score (nSPS) is 30.5. The number of phenolic OH excluding ortho intramolecular Hbond substituents is 1. The van der Waals surface area contributed by atoms with Gasteiger partial charge in [0.2, 0.25) is 0 Å². The number of carbonyl (C=O) groups excluding carboxylic acids is 1. The van der Waals surface area contributed by atoms with Crippen LogP contribution >= 0.6 is 0 Å². The molecule has 5 rings (SSSR count). The molecule has 0 aromatic heterocycles. The molecule has 2 aromatic rings. The van der Waals surface area contributed by atoms with Crippen molar-refractivity contribution in [2.24, 2.45) is 0 Å². The quantitative estimate of drug-likeness (QED) is 0.839. The molecular weight excluding hydrogens is 378 g/mol. The molecule has 158 valence electrons. The molecule has 1 saturated heterocycles. The van der Waals surface area contributed by atoms with E-state index < -0.39 is 11.0 Å². The van der Waals surface area contributed by atoms with Crippen molar-refractivity contribution in [1.29, 1.82) is 0 Å². The minimum absolute atomic E-state index is 0.183. The molecule has 3 atom stereocenters. The zero-order valence-corrected chi connectivity index (χ0v) is 17.7. The van der Waals surface area contributed by atoms with Crippen LogP contribution in [0, 0.1) is 0 Å². The van der Waals surface area contributed by atoms with Crippen LogP contribution in [0.2, 0.25) is 0 Å². The highest BCUT2D eigenvalue weighted by Gasteiger charge is 2.66. The molecule has 5 heteroatoms. The summed E-state index contributed by atoms with van der Waals surface area (Å²) in [4.78, 5) is 15.1. The summed E-state index contributed by atoms with van der Waals surface area (Å²) in [5.41, 5.74) is 2.08. The number of rotatable bonds is 4. The van der Waals surface area contributed by atoms with E-state index in [1.54, 1.807) is 7.11 Å². The van der Waals surface area contributed by atoms with Gasteiger partial charge in [0.05, 0.1) is 5.60 Å². The van der Waals surface area contributed by atoms with Crippen LogP contribution in [0.15, 0.2) is 42.5 Å². The third-order valence-electron chi connectivity index (χ3n) is 7.77. The summed E-state index contributed by atoms with van der Waals surface area (Å²) < 4.78 is 12.3. The summed E-state index contributed by atoms with van der Waals surface area (Å²) in [6, 6.07) is 14.1. The number of likely N-dealkylation sites (N-methyl/N-ethyl adjacent to an activating group) is 1. The Kier molecular flexibility index (Phi) is 4.64. The highest BCUT2D eigenvalue weighted by molar-refractivity contribution is 5.83. The molecule has 0 radical (unpaired) electrons. The molecule has 0 unspecified atom stereocenters. The van der Waals surface area contributed by atoms with Gasteiger partial charge in [-0.2, -0.15) is 0 Å². The zero-order chi connectivity index (χ0) is 20.9. The van der Waals surface area contributed by atoms with Gasteiger partial charge in [-0.1, -0.05) is 36.4 Å². The molecular formula is C25H29NO4. The molecule has 0 amide bonds. The fourth-order valence-corrected chi connectivity index (χ4v) is 6.36. The van der Waals surface area contributed by atoms with E-state index in [-0.39, 0.29) is 17.6 Å². The molecule has 0 spiro atoms. The number of piperidine rings is 1. The number of benzene rings is 2. The van der Waals surface area contributed by atoms with Crippen molar-refractivity contribution in [1.82, 2.24) is 4.90 Å². The number of fused-ring (bicyclic) bond motifs is 1. The van der Waals surface area contributed by atoms with Gasteiger partial charge < -0.3 is 19.5 Å². The number of hydrogen-bond donors (Lipinski definition) is 1. The predicted molar refractivity (Wildman–Crippen MR) is 114 cm³/mol. The van der Waals surface area contributed by atoms with Crippen LogP contribution in [0.4, 0.5) is 0 Å². The lowest BCUT2D eigenvalue weighted by atomic mass is 9.49. The van der Waals surface area contributed by atoms with Gasteiger partial charge >= 0.3 is 0 Å². The van der Waals surface area contributed by atoms with Crippen LogP contribution in [0.3, 0.4) is 0 Å². The van der Waals surface area contributed by atoms with E-state index in [4.69, 9.17) is 9.47 Å². The van der Waals surface area contributed by atoms with E-state index in [0.717, 1.165) is 36.1 Å². The predicted octanol–water partition coefficient (Wildman–Crippen LogP) is 3.61. The summed E-state index contributed by atoms with van der Waals surface area (Å²) in [5.74, 6) is 0.920. The Morgan fingerprint density at radius 2 is 1.97 bits per heavy atom. The topological polar surface area (TPSA) is 59.0 Å². The number of aromatic hydroxyl groups is 1. The largest absolute Gasteiger partial charge is 0.504 e. The minimum Gasteiger partial charge on any atom is -0.504 e. The maximum Gasteiger partial charge on any atom is 0.161 e. The Labute approximate surface area is 177 Å². The van der Waals surface area contributed by atoms with Crippen LogP contribution in [0.1, 0.15) is 42.4 Å². The number of ether oxygens (including phenoxy) is 2. The summed E-state index contributed by atoms with van der Waals surface area (Å²) in [7, 11) is 3.92. The van der Waals surface area contributed by atoms with Crippen LogP contribution in [-0.4, -0.2) is 48.1 Å². The molecule has 5 nitrogen and oxygen atoms in total. The smallest absolute Gasteiger partial charge is 0.161 e. The lowest BCUT2D eigenvalue weighted by Gasteiger charge is -2.64. The lowest BCUT2D eigenvalue weighted by Crippen LogP contribution is -2.73. The molecule has 3 aliphatic rings. The first-order chi connectivity index (χ1) is 14.5. The number of carbonyl (C=O) groups is 1. The second kappa shape index (κ2) is 7.10. The van der Waals surface area contributed by atoms with Crippen molar-refractivity contribution < 1.29 is 19.4 Å². The van der Waals surface area contributed by atoms with E-state index in [1.165, 1.54) is 0 Å². The number of nitrogens with zero attached hydrogens (tertiary/aromatic N) is 1. The highest BCUT2D eigenvalue weighted by Crippen LogP contribution is 2.61. The number of likely N-dealkylation sites (tertiary alicyclic amines) is 1. The van der Waals surface area contributed by atoms with E-state index in [2.05, 4.69) is 18.0 Å². The molecule has 2 bridgehead atoms. The van der Waals surface area contributed by atoms with E-state index in [9.17, 15) is 9.90 Å². The first-order valence-corrected chi connectivity index (χ1v) is 10.8. The Balaban J connectivity index is 1.61. The van der Waals surface area contributed by atoms with Crippen molar-refractivity contribution >= 4 is 5.78 Å². The second-order valence-corrected chi connectivity index (χ2v) is 9.06. The average Bonchev–Trinajstić information content (AvgIpc) is 2.76. The average molecular weight is 408 g/mol. The maximum atomic E-state index is 12.7. The zero-order valence-electron chi connectivity index (χ0n) is 17.7. The van der Waals surface area contributed by atoms with Crippen molar-refractivity contribution in [3.05, 3.63) is 59.2 Å². The first kappa shape index (κ1) is 19.6. The van der Waals surface area contributed by atoms with Gasteiger partial charge in [0.15, 0.2) is 11.5 Å². The van der Waals surface area contributed by atoms with Crippen LogP contribution in [0.25, 0.3) is 0 Å². The van der Waals surface area contributed by atoms with Gasteiger partial charge in [0, 0.05) is 37.0 Å². The molecule has 1 heterocycles. The SMILES string of the molecule is CO[C@@]12CCC(=O)C[C@]13CCN(C)[C@H]2Cc1ccc(OCc2ccccc2)c(O)c13. The molecule has 30 heavy (non-hydrogen) atoms. The molecule has 2 aromatic carbocycles. The van der Waals surface area contributed by atoms with Gasteiger partial charge in [0.25, 0.3) is 0 Å². The third kappa shape index (κ3) is 2.65. The number of ketones is 1. The monoisotopic (exact) mass is 407 g/mol. The van der Waals surface area contributed by atoms with E-state index >= 15 is 0 Å². The minimum atomic E-state index is -0.502. The highest BCUT2D eigenvalue weighted by atomic mass is 16.5. The standard InChI is InChI=1S/C25H29NO4/c1-26-13-12-24-15-19(27)10-11-25(24,29-2)21(26)14-18-8-9-20(23(28)22(18)24)30-16-17-6-4-3-5-7-17/h3-9,21,28H,10-16H2,1-2H3/t21-,24-,25+/m0/s1. The summed E-state index contributed by atoms with van der Waals surface area (Å²) >= 11 is 0. The fourth-order valence-electron chi connectivity index (χ4n) is 6.36. The van der Waals surface area contributed by atoms with Crippen LogP contribution in [0.5, 0.6) is 11.5 Å². The summed E-state index contributed by atoms with van der Waals surface area (Å²) in [6.45, 7) is 1.27. The van der Waals surface area contributed by atoms with Gasteiger partial charge in [-0.3, -0.25) is 4.79 Å². The third-order valence-corrected chi connectivity index (χ3v) is 7.77. The molecule has 1 saturated carbocycles. The van der Waals surface area contributed by atoms with Gasteiger partial charge in [0.1, 0.15) is 12.4 Å². The van der Waals surface area contributed by atoms with Gasteiger partial charge in [-0.25, -0.2) is 0 Å². The van der Waals surface area contributed by atoms with Crippen LogP contribution in [-0.2, 0) is 28.0 Å². The fraction of sp³-hybridized carbons (Fsp3) is 0.480. The second-order valence-electron chi connectivity index (χ2n) is 9.06. The molecule has 1 N–H and O–H groups in total. The van der Waals surface area contributed by atoms with Crippen molar-refractivity contribution in [3.63, 3.8) is 0 Å².